The molecule has 5 nitrogen and oxygen atoms in total. The molecule has 0 spiro atoms. The lowest BCUT2D eigenvalue weighted by atomic mass is 10.00. The van der Waals surface area contributed by atoms with Crippen molar-refractivity contribution in [2.45, 2.75) is 24.9 Å². The molecule has 0 unspecified atom stereocenters. The van der Waals surface area contributed by atoms with E-state index >= 15 is 0 Å². The van der Waals surface area contributed by atoms with Crippen LogP contribution in [0.1, 0.15) is 22.5 Å². The maximum absolute atomic E-state index is 13.0. The Kier molecular flexibility index (Phi) is 4.48. The minimum absolute atomic E-state index is 0.126. The number of carbonyl (C=O) groups excluding carboxylic acids is 1. The average Bonchev–Trinajstić information content (AvgIpc) is 3.14. The van der Waals surface area contributed by atoms with E-state index in [9.17, 15) is 4.79 Å². The van der Waals surface area contributed by atoms with Crippen molar-refractivity contribution >= 4 is 5.91 Å². The first-order chi connectivity index (χ1) is 11.1. The fourth-order valence-electron chi connectivity index (χ4n) is 3.53. The van der Waals surface area contributed by atoms with E-state index in [-0.39, 0.29) is 11.9 Å². The molecule has 1 aliphatic heterocycles. The Morgan fingerprint density at radius 1 is 1.30 bits per heavy atom. The van der Waals surface area contributed by atoms with Crippen LogP contribution >= 0.6 is 0 Å². The first-order valence-corrected chi connectivity index (χ1v) is 8.05. The van der Waals surface area contributed by atoms with Gasteiger partial charge in [-0.2, -0.15) is 0 Å². The van der Waals surface area contributed by atoms with Crippen LogP contribution in [0.3, 0.4) is 0 Å². The molecular formula is C18H24N4O. The molecule has 1 fully saturated rings. The lowest BCUT2D eigenvalue weighted by Crippen LogP contribution is -2.46. The van der Waals surface area contributed by atoms with Gasteiger partial charge >= 0.3 is 0 Å². The number of pyridine rings is 1. The van der Waals surface area contributed by atoms with E-state index in [1.165, 1.54) is 5.56 Å². The zero-order chi connectivity index (χ0) is 16.4. The molecule has 0 bridgehead atoms. The Bertz CT molecular complexity index is 665. The third-order valence-electron chi connectivity index (χ3n) is 4.79. The molecule has 23 heavy (non-hydrogen) atoms. The average molecular weight is 312 g/mol. The van der Waals surface area contributed by atoms with E-state index in [1.807, 2.05) is 59.4 Å². The fraction of sp³-hybridized carbons (Fsp3) is 0.444. The van der Waals surface area contributed by atoms with Crippen molar-refractivity contribution in [3.8, 4) is 0 Å². The molecule has 3 rings (SSSR count). The van der Waals surface area contributed by atoms with Crippen LogP contribution in [0.4, 0.5) is 0 Å². The third-order valence-corrected chi connectivity index (χ3v) is 4.79. The van der Waals surface area contributed by atoms with E-state index in [2.05, 4.69) is 24.0 Å². The molecular weight excluding hydrogens is 288 g/mol. The van der Waals surface area contributed by atoms with Crippen molar-refractivity contribution in [2.24, 2.45) is 7.05 Å². The molecule has 0 radical (unpaired) electrons. The maximum Gasteiger partial charge on any atom is 0.270 e. The summed E-state index contributed by atoms with van der Waals surface area (Å²) in [5.41, 5.74) is 1.98. The Balaban J connectivity index is 1.86. The molecule has 0 saturated carbocycles. The van der Waals surface area contributed by atoms with Crippen molar-refractivity contribution in [3.05, 3.63) is 54.1 Å². The summed E-state index contributed by atoms with van der Waals surface area (Å²) in [7, 11) is 6.12. The quantitative estimate of drug-likeness (QED) is 0.864. The summed E-state index contributed by atoms with van der Waals surface area (Å²) in [6.07, 6.45) is 7.43. The zero-order valence-electron chi connectivity index (χ0n) is 14.0. The second-order valence-corrected chi connectivity index (χ2v) is 6.45. The number of hydrogen-bond acceptors (Lipinski definition) is 3. The number of aromatic nitrogens is 2. The van der Waals surface area contributed by atoms with Crippen LogP contribution in [0.2, 0.25) is 0 Å². The van der Waals surface area contributed by atoms with Crippen molar-refractivity contribution in [1.29, 1.82) is 0 Å². The van der Waals surface area contributed by atoms with Gasteiger partial charge < -0.3 is 14.4 Å². The van der Waals surface area contributed by atoms with Crippen LogP contribution in [-0.2, 0) is 13.5 Å². The van der Waals surface area contributed by atoms with Crippen LogP contribution in [-0.4, -0.2) is 58.0 Å². The number of likely N-dealkylation sites (tertiary alicyclic amines) is 1. The molecule has 2 aromatic rings. The lowest BCUT2D eigenvalue weighted by Gasteiger charge is -2.31. The largest absolute Gasteiger partial charge is 0.347 e. The third kappa shape index (κ3) is 3.15. The highest BCUT2D eigenvalue weighted by atomic mass is 16.2. The second kappa shape index (κ2) is 6.54. The lowest BCUT2D eigenvalue weighted by molar-refractivity contribution is 0.0695. The van der Waals surface area contributed by atoms with Crippen LogP contribution < -0.4 is 0 Å². The summed E-state index contributed by atoms with van der Waals surface area (Å²) in [6.45, 7) is 0.808. The normalized spacial score (nSPS) is 21.1. The number of likely N-dealkylation sites (N-methyl/N-ethyl adjacent to an activating group) is 1. The minimum Gasteiger partial charge on any atom is -0.347 e. The Hall–Kier alpha value is -2.14. The smallest absolute Gasteiger partial charge is 0.270 e. The van der Waals surface area contributed by atoms with Gasteiger partial charge in [-0.05, 0) is 56.8 Å². The summed E-state index contributed by atoms with van der Waals surface area (Å²) >= 11 is 0. The topological polar surface area (TPSA) is 41.4 Å². The predicted octanol–water partition coefficient (Wildman–Crippen LogP) is 1.81. The molecule has 122 valence electrons. The van der Waals surface area contributed by atoms with Gasteiger partial charge in [0.25, 0.3) is 5.91 Å². The highest BCUT2D eigenvalue weighted by Gasteiger charge is 2.38. The van der Waals surface area contributed by atoms with Crippen molar-refractivity contribution in [2.75, 3.05) is 20.6 Å². The van der Waals surface area contributed by atoms with E-state index in [0.717, 1.165) is 25.1 Å². The van der Waals surface area contributed by atoms with Crippen LogP contribution in [0, 0.1) is 0 Å². The van der Waals surface area contributed by atoms with Crippen LogP contribution in [0.15, 0.2) is 42.9 Å². The number of aryl methyl sites for hydroxylation is 1. The van der Waals surface area contributed by atoms with Gasteiger partial charge in [-0.1, -0.05) is 0 Å². The number of nitrogens with zero attached hydrogens (tertiary/aromatic N) is 4. The molecule has 5 heteroatoms. The molecule has 3 heterocycles. The molecule has 0 aromatic carbocycles. The van der Waals surface area contributed by atoms with E-state index in [1.54, 1.807) is 0 Å². The van der Waals surface area contributed by atoms with Gasteiger partial charge in [-0.15, -0.1) is 0 Å². The maximum atomic E-state index is 13.0. The van der Waals surface area contributed by atoms with Crippen molar-refractivity contribution in [1.82, 2.24) is 19.4 Å². The van der Waals surface area contributed by atoms with E-state index in [4.69, 9.17) is 0 Å². The predicted molar refractivity (Wildman–Crippen MR) is 90.3 cm³/mol. The Morgan fingerprint density at radius 2 is 2.04 bits per heavy atom. The molecule has 1 aliphatic rings. The summed E-state index contributed by atoms with van der Waals surface area (Å²) in [5.74, 6) is 0.126. The van der Waals surface area contributed by atoms with Crippen molar-refractivity contribution in [3.63, 3.8) is 0 Å². The van der Waals surface area contributed by atoms with Gasteiger partial charge in [0.05, 0.1) is 6.04 Å². The highest BCUT2D eigenvalue weighted by molar-refractivity contribution is 5.93. The van der Waals surface area contributed by atoms with Gasteiger partial charge in [-0.3, -0.25) is 9.78 Å². The Labute approximate surface area is 137 Å². The monoisotopic (exact) mass is 312 g/mol. The summed E-state index contributed by atoms with van der Waals surface area (Å²) < 4.78 is 1.90. The molecule has 0 aliphatic carbocycles. The summed E-state index contributed by atoms with van der Waals surface area (Å²) in [6, 6.07) is 8.47. The van der Waals surface area contributed by atoms with Gasteiger partial charge in [-0.25, -0.2) is 0 Å². The van der Waals surface area contributed by atoms with E-state index < -0.39 is 0 Å². The fourth-order valence-corrected chi connectivity index (χ4v) is 3.53. The van der Waals surface area contributed by atoms with Gasteiger partial charge in [0.15, 0.2) is 0 Å². The standard InChI is InChI=1S/C18H24N4O/c1-20(2)15-8-12-22(18(23)16-5-4-11-21(16)3)17(15)13-14-6-9-19-10-7-14/h4-7,9-11,15,17H,8,12-13H2,1-3H3/t15-,17+/m1/s1. The van der Waals surface area contributed by atoms with Gasteiger partial charge in [0.1, 0.15) is 5.69 Å². The number of rotatable bonds is 4. The minimum atomic E-state index is 0.126. The molecule has 0 N–H and O–H groups in total. The highest BCUT2D eigenvalue weighted by Crippen LogP contribution is 2.26. The van der Waals surface area contributed by atoms with Crippen LogP contribution in [0.25, 0.3) is 0 Å². The first-order valence-electron chi connectivity index (χ1n) is 8.05. The summed E-state index contributed by atoms with van der Waals surface area (Å²) in [5, 5.41) is 0. The Morgan fingerprint density at radius 3 is 2.65 bits per heavy atom. The molecule has 1 saturated heterocycles. The molecule has 2 aromatic heterocycles. The number of hydrogen-bond donors (Lipinski definition) is 0. The van der Waals surface area contributed by atoms with Gasteiger partial charge in [0.2, 0.25) is 0 Å². The van der Waals surface area contributed by atoms with E-state index in [0.29, 0.717) is 6.04 Å². The summed E-state index contributed by atoms with van der Waals surface area (Å²) in [4.78, 5) is 21.3. The SMILES string of the molecule is CN(C)[C@@H]1CCN(C(=O)c2cccn2C)[C@H]1Cc1ccncc1. The van der Waals surface area contributed by atoms with Gasteiger partial charge in [0, 0.05) is 38.2 Å². The molecule has 2 atom stereocenters. The molecule has 1 amide bonds. The van der Waals surface area contributed by atoms with Crippen LogP contribution in [0.5, 0.6) is 0 Å². The number of carbonyl (C=O) groups is 1. The zero-order valence-corrected chi connectivity index (χ0v) is 14.0. The first kappa shape index (κ1) is 15.7. The number of amides is 1. The second-order valence-electron chi connectivity index (χ2n) is 6.45. The van der Waals surface area contributed by atoms with Crippen molar-refractivity contribution < 1.29 is 4.79 Å².